The number of halogens is 4. The van der Waals surface area contributed by atoms with Gasteiger partial charge in [0.2, 0.25) is 5.82 Å². The Kier molecular flexibility index (Phi) is 7.41. The van der Waals surface area contributed by atoms with E-state index in [2.05, 4.69) is 20.3 Å². The monoisotopic (exact) mass is 534 g/mol. The summed E-state index contributed by atoms with van der Waals surface area (Å²) in [6.07, 6.45) is -2.28. The molecule has 2 fully saturated rings. The second-order valence-corrected chi connectivity index (χ2v) is 9.26. The van der Waals surface area contributed by atoms with Crippen molar-refractivity contribution in [2.45, 2.75) is 24.7 Å². The van der Waals surface area contributed by atoms with Crippen LogP contribution in [0.25, 0.3) is 10.9 Å². The number of rotatable bonds is 6. The molecule has 2 atom stereocenters. The van der Waals surface area contributed by atoms with Crippen molar-refractivity contribution in [3.63, 3.8) is 0 Å². The van der Waals surface area contributed by atoms with E-state index in [1.54, 1.807) is 12.1 Å². The minimum atomic E-state index is -4.67. The van der Waals surface area contributed by atoms with Gasteiger partial charge in [-0.2, -0.15) is 13.2 Å². The molecule has 38 heavy (non-hydrogen) atoms. The highest BCUT2D eigenvalue weighted by Crippen LogP contribution is 2.28. The minimum Gasteiger partial charge on any atom is -0.391 e. The second-order valence-electron chi connectivity index (χ2n) is 9.26. The molecule has 5 rings (SSSR count). The SMILES string of the molecule is O=C(NCC(c1cnc(C(F)(F)F)nc1)N1CCOCC1)c1c(F)ccc2nc(N3CC[C@@H](O)C3)ccc12. The van der Waals surface area contributed by atoms with Gasteiger partial charge < -0.3 is 20.1 Å². The zero-order valence-electron chi connectivity index (χ0n) is 20.3. The van der Waals surface area contributed by atoms with E-state index >= 15 is 0 Å². The lowest BCUT2D eigenvalue weighted by molar-refractivity contribution is -0.145. The van der Waals surface area contributed by atoms with Crippen molar-refractivity contribution in [3.05, 3.63) is 59.4 Å². The summed E-state index contributed by atoms with van der Waals surface area (Å²) in [6.45, 7) is 2.90. The third kappa shape index (κ3) is 5.54. The van der Waals surface area contributed by atoms with Crippen LogP contribution in [0.3, 0.4) is 0 Å². The molecule has 2 N–H and O–H groups in total. The van der Waals surface area contributed by atoms with E-state index in [0.717, 1.165) is 12.4 Å². The number of benzene rings is 1. The standard InChI is InChI=1S/C25H26F4N6O3/c26-18-2-3-19-17(1-4-21(33-19)35-6-5-16(36)14-35)22(18)23(37)30-13-20(34-7-9-38-10-8-34)15-11-31-24(32-12-15)25(27,28)29/h1-4,11-12,16,20,36H,5-10,13-14H2,(H,30,37)/t16-,20?/m1/s1. The van der Waals surface area contributed by atoms with E-state index in [1.807, 2.05) is 9.80 Å². The highest BCUT2D eigenvalue weighted by atomic mass is 19.4. The number of fused-ring (bicyclic) bond motifs is 1. The number of morpholine rings is 1. The zero-order valence-corrected chi connectivity index (χ0v) is 20.3. The molecule has 0 saturated carbocycles. The molecule has 2 aliphatic heterocycles. The molecule has 9 nitrogen and oxygen atoms in total. The number of aliphatic hydroxyl groups is 1. The number of alkyl halides is 3. The molecular weight excluding hydrogens is 508 g/mol. The van der Waals surface area contributed by atoms with Crippen LogP contribution in [-0.2, 0) is 10.9 Å². The summed E-state index contributed by atoms with van der Waals surface area (Å²) >= 11 is 0. The van der Waals surface area contributed by atoms with Gasteiger partial charge in [-0.3, -0.25) is 9.69 Å². The van der Waals surface area contributed by atoms with Crippen LogP contribution in [0.2, 0.25) is 0 Å². The van der Waals surface area contributed by atoms with Crippen LogP contribution in [0, 0.1) is 5.82 Å². The number of nitrogens with zero attached hydrogens (tertiary/aromatic N) is 5. The van der Waals surface area contributed by atoms with E-state index in [1.165, 1.54) is 12.1 Å². The van der Waals surface area contributed by atoms with E-state index in [4.69, 9.17) is 4.74 Å². The maximum Gasteiger partial charge on any atom is 0.451 e. The minimum absolute atomic E-state index is 0.0133. The van der Waals surface area contributed by atoms with Crippen molar-refractivity contribution in [2.75, 3.05) is 50.8 Å². The molecule has 2 saturated heterocycles. The Bertz CT molecular complexity index is 1300. The first-order valence-corrected chi connectivity index (χ1v) is 12.2. The number of carbonyl (C=O) groups excluding carboxylic acids is 1. The molecule has 202 valence electrons. The number of anilines is 1. The van der Waals surface area contributed by atoms with Crippen LogP contribution in [0.15, 0.2) is 36.7 Å². The van der Waals surface area contributed by atoms with Crippen LogP contribution in [0.5, 0.6) is 0 Å². The number of carbonyl (C=O) groups is 1. The second kappa shape index (κ2) is 10.8. The van der Waals surface area contributed by atoms with Gasteiger partial charge in [-0.05, 0) is 30.7 Å². The number of pyridine rings is 1. The third-order valence-corrected chi connectivity index (χ3v) is 6.77. The van der Waals surface area contributed by atoms with Crippen molar-refractivity contribution in [1.29, 1.82) is 0 Å². The lowest BCUT2D eigenvalue weighted by atomic mass is 10.1. The summed E-state index contributed by atoms with van der Waals surface area (Å²) in [4.78, 5) is 28.6. The van der Waals surface area contributed by atoms with Crippen molar-refractivity contribution >= 4 is 22.6 Å². The lowest BCUT2D eigenvalue weighted by Gasteiger charge is -2.34. The van der Waals surface area contributed by atoms with Crippen molar-refractivity contribution in [3.8, 4) is 0 Å². The van der Waals surface area contributed by atoms with Crippen molar-refractivity contribution < 1.29 is 32.2 Å². The molecule has 0 bridgehead atoms. The Balaban J connectivity index is 1.38. The van der Waals surface area contributed by atoms with Gasteiger partial charge in [0, 0.05) is 56.1 Å². The smallest absolute Gasteiger partial charge is 0.391 e. The Morgan fingerprint density at radius 2 is 1.87 bits per heavy atom. The van der Waals surface area contributed by atoms with Gasteiger partial charge in [0.05, 0.1) is 36.4 Å². The van der Waals surface area contributed by atoms with Crippen molar-refractivity contribution in [1.82, 2.24) is 25.2 Å². The van der Waals surface area contributed by atoms with Crippen LogP contribution >= 0.6 is 0 Å². The number of amides is 1. The average molecular weight is 535 g/mol. The fourth-order valence-corrected chi connectivity index (χ4v) is 4.80. The molecule has 1 unspecified atom stereocenters. The first kappa shape index (κ1) is 26.2. The highest BCUT2D eigenvalue weighted by Gasteiger charge is 2.35. The summed E-state index contributed by atoms with van der Waals surface area (Å²) in [5, 5.41) is 12.9. The van der Waals surface area contributed by atoms with Gasteiger partial charge in [0.25, 0.3) is 5.91 Å². The average Bonchev–Trinajstić information content (AvgIpc) is 3.35. The first-order valence-electron chi connectivity index (χ1n) is 12.2. The lowest BCUT2D eigenvalue weighted by Crippen LogP contribution is -2.44. The van der Waals surface area contributed by atoms with Crippen LogP contribution in [0.1, 0.15) is 34.2 Å². The molecule has 0 aliphatic carbocycles. The van der Waals surface area contributed by atoms with E-state index in [9.17, 15) is 27.5 Å². The molecule has 2 aliphatic rings. The quantitative estimate of drug-likeness (QED) is 0.466. The normalized spacial score (nSPS) is 19.6. The van der Waals surface area contributed by atoms with E-state index < -0.39 is 35.9 Å². The maximum atomic E-state index is 14.9. The number of hydrogen-bond donors (Lipinski definition) is 2. The number of ether oxygens (including phenoxy) is 1. The number of hydrogen-bond acceptors (Lipinski definition) is 8. The van der Waals surface area contributed by atoms with E-state index in [0.29, 0.717) is 68.1 Å². The van der Waals surface area contributed by atoms with Crippen LogP contribution < -0.4 is 10.2 Å². The molecule has 0 spiro atoms. The zero-order chi connectivity index (χ0) is 26.9. The third-order valence-electron chi connectivity index (χ3n) is 6.77. The Hall–Kier alpha value is -3.42. The Labute approximate surface area is 215 Å². The van der Waals surface area contributed by atoms with Crippen LogP contribution in [-0.4, -0.2) is 82.9 Å². The largest absolute Gasteiger partial charge is 0.451 e. The Morgan fingerprint density at radius 1 is 1.13 bits per heavy atom. The summed E-state index contributed by atoms with van der Waals surface area (Å²) in [7, 11) is 0. The van der Waals surface area contributed by atoms with Gasteiger partial charge in [0.1, 0.15) is 11.6 Å². The van der Waals surface area contributed by atoms with Crippen LogP contribution in [0.4, 0.5) is 23.4 Å². The van der Waals surface area contributed by atoms with Gasteiger partial charge in [-0.1, -0.05) is 0 Å². The number of aromatic nitrogens is 3. The summed E-state index contributed by atoms with van der Waals surface area (Å²) < 4.78 is 59.1. The fourth-order valence-electron chi connectivity index (χ4n) is 4.80. The molecule has 1 amide bonds. The molecule has 13 heteroatoms. The molecule has 4 heterocycles. The fraction of sp³-hybridized carbons (Fsp3) is 0.440. The van der Waals surface area contributed by atoms with E-state index in [-0.39, 0.29) is 12.1 Å². The predicted octanol–water partition coefficient (Wildman–Crippen LogP) is 2.56. The van der Waals surface area contributed by atoms with Gasteiger partial charge in [0.15, 0.2) is 0 Å². The van der Waals surface area contributed by atoms with Gasteiger partial charge >= 0.3 is 6.18 Å². The highest BCUT2D eigenvalue weighted by molar-refractivity contribution is 6.06. The predicted molar refractivity (Wildman–Crippen MR) is 129 cm³/mol. The molecular formula is C25H26F4N6O3. The first-order chi connectivity index (χ1) is 18.2. The molecule has 2 aromatic heterocycles. The molecule has 3 aromatic rings. The molecule has 0 radical (unpaired) electrons. The number of nitrogens with one attached hydrogen (secondary N) is 1. The summed E-state index contributed by atoms with van der Waals surface area (Å²) in [5.74, 6) is -2.02. The van der Waals surface area contributed by atoms with Crippen molar-refractivity contribution in [2.24, 2.45) is 0 Å². The Morgan fingerprint density at radius 3 is 2.53 bits per heavy atom. The topological polar surface area (TPSA) is 104 Å². The molecule has 1 aromatic carbocycles. The summed E-state index contributed by atoms with van der Waals surface area (Å²) in [5.41, 5.74) is 0.640. The van der Waals surface area contributed by atoms with Gasteiger partial charge in [-0.25, -0.2) is 19.3 Å². The summed E-state index contributed by atoms with van der Waals surface area (Å²) in [6, 6.07) is 5.44. The number of β-amino-alcohol motifs (C(OH)–C–C–N with tert-alkyl or cyclic N) is 1. The maximum absolute atomic E-state index is 14.9. The number of aliphatic hydroxyl groups excluding tert-OH is 1. The van der Waals surface area contributed by atoms with Gasteiger partial charge in [-0.15, -0.1) is 0 Å².